The van der Waals surface area contributed by atoms with Gasteiger partial charge in [-0.05, 0) is 64.0 Å². The number of aromatic nitrogens is 1. The van der Waals surface area contributed by atoms with Crippen LogP contribution in [-0.2, 0) is 0 Å². The molecule has 1 N–H and O–H groups in total. The number of carbonyl (C=O) groups excluding carboxylic acids is 2. The number of ether oxygens (including phenoxy) is 1. The number of halogens is 1. The van der Waals surface area contributed by atoms with Gasteiger partial charge in [0.15, 0.2) is 0 Å². The van der Waals surface area contributed by atoms with Gasteiger partial charge in [0, 0.05) is 24.5 Å². The van der Waals surface area contributed by atoms with Crippen LogP contribution in [0.15, 0.2) is 76.6 Å². The third-order valence-corrected chi connectivity index (χ3v) is 4.40. The maximum atomic E-state index is 12.2. The first kappa shape index (κ1) is 20.8. The number of nitrogens with zero attached hydrogens (tertiary/aromatic N) is 3. The molecule has 0 bridgehead atoms. The van der Waals surface area contributed by atoms with Crippen LogP contribution in [0.2, 0.25) is 0 Å². The lowest BCUT2D eigenvalue weighted by Crippen LogP contribution is -2.17. The van der Waals surface area contributed by atoms with Crippen molar-refractivity contribution in [2.45, 2.75) is 0 Å². The van der Waals surface area contributed by atoms with Crippen LogP contribution in [-0.4, -0.2) is 28.0 Å². The molecule has 0 aliphatic rings. The Labute approximate surface area is 178 Å². The van der Waals surface area contributed by atoms with Crippen molar-refractivity contribution in [2.75, 3.05) is 0 Å². The Balaban J connectivity index is 1.62. The molecule has 2 aromatic carbocycles. The molecule has 30 heavy (non-hydrogen) atoms. The number of nitrogens with one attached hydrogen (secondary N) is 1. The van der Waals surface area contributed by atoms with E-state index in [2.05, 4.69) is 31.4 Å². The van der Waals surface area contributed by atoms with E-state index < -0.39 is 16.8 Å². The number of rotatable bonds is 6. The van der Waals surface area contributed by atoms with E-state index in [1.54, 1.807) is 36.5 Å². The number of hydrogen-bond acceptors (Lipinski definition) is 7. The number of non-ortho nitro benzene ring substituents is 1. The molecule has 0 saturated heterocycles. The summed E-state index contributed by atoms with van der Waals surface area (Å²) in [5, 5.41) is 14.6. The van der Waals surface area contributed by atoms with Crippen molar-refractivity contribution in [3.05, 3.63) is 98.3 Å². The summed E-state index contributed by atoms with van der Waals surface area (Å²) in [5.41, 5.74) is 3.47. The van der Waals surface area contributed by atoms with E-state index in [4.69, 9.17) is 4.74 Å². The first-order valence-corrected chi connectivity index (χ1v) is 9.23. The van der Waals surface area contributed by atoms with Crippen molar-refractivity contribution in [1.82, 2.24) is 10.4 Å². The number of nitro benzene ring substituents is 1. The van der Waals surface area contributed by atoms with E-state index in [-0.39, 0.29) is 17.0 Å². The molecule has 1 amide bonds. The third kappa shape index (κ3) is 5.32. The summed E-state index contributed by atoms with van der Waals surface area (Å²) in [4.78, 5) is 38.1. The normalized spacial score (nSPS) is 10.6. The number of amides is 1. The molecule has 0 atom stereocenters. The van der Waals surface area contributed by atoms with Crippen LogP contribution in [0.4, 0.5) is 5.69 Å². The fraction of sp³-hybridized carbons (Fsp3) is 0. The predicted octanol–water partition coefficient (Wildman–Crippen LogP) is 3.74. The molecule has 9 nitrogen and oxygen atoms in total. The number of carbonyl (C=O) groups is 2. The molecule has 1 heterocycles. The topological polar surface area (TPSA) is 124 Å². The monoisotopic (exact) mass is 468 g/mol. The van der Waals surface area contributed by atoms with Gasteiger partial charge in [0.1, 0.15) is 5.75 Å². The first-order chi connectivity index (χ1) is 14.4. The summed E-state index contributed by atoms with van der Waals surface area (Å²) in [6, 6.07) is 13.2. The highest BCUT2D eigenvalue weighted by atomic mass is 79.9. The Morgan fingerprint density at radius 2 is 1.90 bits per heavy atom. The molecule has 1 aromatic heterocycles. The van der Waals surface area contributed by atoms with Crippen LogP contribution >= 0.6 is 15.9 Å². The standard InChI is InChI=1S/C20H13BrN4O5/c21-17-10-13(11-23-24-19(26)15-2-1-9-22-12-15)3-8-18(17)30-20(27)14-4-6-16(7-5-14)25(28)29/h1-12H,(H,24,26)/b23-11-. The van der Waals surface area contributed by atoms with Crippen LogP contribution in [0.5, 0.6) is 5.75 Å². The van der Waals surface area contributed by atoms with Gasteiger partial charge in [-0.1, -0.05) is 0 Å². The van der Waals surface area contributed by atoms with Crippen LogP contribution in [0.1, 0.15) is 26.3 Å². The number of benzene rings is 2. The average Bonchev–Trinajstić information content (AvgIpc) is 2.76. The highest BCUT2D eigenvalue weighted by Crippen LogP contribution is 2.26. The van der Waals surface area contributed by atoms with Crippen molar-refractivity contribution in [2.24, 2.45) is 5.10 Å². The molecule has 0 unspecified atom stereocenters. The zero-order chi connectivity index (χ0) is 21.5. The van der Waals surface area contributed by atoms with Gasteiger partial charge in [-0.15, -0.1) is 0 Å². The maximum Gasteiger partial charge on any atom is 0.343 e. The highest BCUT2D eigenvalue weighted by Gasteiger charge is 2.13. The number of esters is 1. The van der Waals surface area contributed by atoms with E-state index in [9.17, 15) is 19.7 Å². The van der Waals surface area contributed by atoms with Crippen molar-refractivity contribution in [3.63, 3.8) is 0 Å². The predicted molar refractivity (Wildman–Crippen MR) is 111 cm³/mol. The number of hydrazone groups is 1. The summed E-state index contributed by atoms with van der Waals surface area (Å²) in [6.07, 6.45) is 4.42. The van der Waals surface area contributed by atoms with Gasteiger partial charge in [0.05, 0.1) is 26.7 Å². The Morgan fingerprint density at radius 3 is 2.53 bits per heavy atom. The van der Waals surface area contributed by atoms with Crippen molar-refractivity contribution in [1.29, 1.82) is 0 Å². The summed E-state index contributed by atoms with van der Waals surface area (Å²) >= 11 is 3.31. The fourth-order valence-electron chi connectivity index (χ4n) is 2.29. The smallest absolute Gasteiger partial charge is 0.343 e. The van der Waals surface area contributed by atoms with Gasteiger partial charge < -0.3 is 4.74 Å². The third-order valence-electron chi connectivity index (χ3n) is 3.78. The minimum atomic E-state index is -0.657. The zero-order valence-electron chi connectivity index (χ0n) is 15.2. The second-order valence-electron chi connectivity index (χ2n) is 5.82. The lowest BCUT2D eigenvalue weighted by Gasteiger charge is -2.07. The lowest BCUT2D eigenvalue weighted by molar-refractivity contribution is -0.384. The lowest BCUT2D eigenvalue weighted by atomic mass is 10.2. The number of pyridine rings is 1. The van der Waals surface area contributed by atoms with Gasteiger partial charge in [-0.2, -0.15) is 5.10 Å². The fourth-order valence-corrected chi connectivity index (χ4v) is 2.76. The van der Waals surface area contributed by atoms with Crippen molar-refractivity contribution < 1.29 is 19.2 Å². The quantitative estimate of drug-likeness (QED) is 0.193. The molecule has 0 aliphatic carbocycles. The second-order valence-corrected chi connectivity index (χ2v) is 6.68. The van der Waals surface area contributed by atoms with Crippen LogP contribution in [0.3, 0.4) is 0 Å². The van der Waals surface area contributed by atoms with Crippen molar-refractivity contribution >= 4 is 39.7 Å². The Hall–Kier alpha value is -3.92. The molecular formula is C20H13BrN4O5. The Morgan fingerprint density at radius 1 is 1.13 bits per heavy atom. The van der Waals surface area contributed by atoms with Crippen LogP contribution < -0.4 is 10.2 Å². The highest BCUT2D eigenvalue weighted by molar-refractivity contribution is 9.10. The molecule has 0 saturated carbocycles. The average molecular weight is 469 g/mol. The summed E-state index contributed by atoms with van der Waals surface area (Å²) in [7, 11) is 0. The number of nitro groups is 1. The molecule has 10 heteroatoms. The first-order valence-electron chi connectivity index (χ1n) is 8.43. The molecule has 0 aliphatic heterocycles. The summed E-state index contributed by atoms with van der Waals surface area (Å²) in [5.74, 6) is -0.794. The Kier molecular flexibility index (Phi) is 6.60. The Bertz CT molecular complexity index is 1120. The maximum absolute atomic E-state index is 12.2. The molecular weight excluding hydrogens is 456 g/mol. The molecule has 150 valence electrons. The van der Waals surface area contributed by atoms with Gasteiger partial charge in [0.25, 0.3) is 11.6 Å². The SMILES string of the molecule is O=C(N/N=C\c1ccc(OC(=O)c2ccc([N+](=O)[O-])cc2)c(Br)c1)c1cccnc1. The van der Waals surface area contributed by atoms with Gasteiger partial charge in [0.2, 0.25) is 0 Å². The van der Waals surface area contributed by atoms with E-state index in [1.807, 2.05) is 0 Å². The molecule has 3 rings (SSSR count). The second kappa shape index (κ2) is 9.52. The van der Waals surface area contributed by atoms with Crippen LogP contribution in [0, 0.1) is 10.1 Å². The zero-order valence-corrected chi connectivity index (χ0v) is 16.8. The van der Waals surface area contributed by atoms with Crippen LogP contribution in [0.25, 0.3) is 0 Å². The molecule has 0 radical (unpaired) electrons. The van der Waals surface area contributed by atoms with Crippen molar-refractivity contribution in [3.8, 4) is 5.75 Å². The molecule has 0 spiro atoms. The largest absolute Gasteiger partial charge is 0.422 e. The van der Waals surface area contributed by atoms with Gasteiger partial charge in [-0.3, -0.25) is 19.9 Å². The minimum absolute atomic E-state index is 0.119. The number of hydrogen-bond donors (Lipinski definition) is 1. The van der Waals surface area contributed by atoms with E-state index in [0.717, 1.165) is 0 Å². The van der Waals surface area contributed by atoms with Gasteiger partial charge in [-0.25, -0.2) is 10.2 Å². The van der Waals surface area contributed by atoms with E-state index in [0.29, 0.717) is 15.6 Å². The summed E-state index contributed by atoms with van der Waals surface area (Å²) < 4.78 is 5.80. The van der Waals surface area contributed by atoms with Gasteiger partial charge >= 0.3 is 5.97 Å². The molecule has 3 aromatic rings. The van der Waals surface area contributed by atoms with E-state index >= 15 is 0 Å². The molecule has 0 fully saturated rings. The van der Waals surface area contributed by atoms with E-state index in [1.165, 1.54) is 36.7 Å². The summed E-state index contributed by atoms with van der Waals surface area (Å²) in [6.45, 7) is 0. The minimum Gasteiger partial charge on any atom is -0.422 e.